The van der Waals surface area contributed by atoms with E-state index in [4.69, 9.17) is 4.74 Å². The zero-order chi connectivity index (χ0) is 13.4. The molecular formula is C14H19BrN2O2. The fraction of sp³-hybridized carbons (Fsp3) is 0.643. The van der Waals surface area contributed by atoms with E-state index in [0.29, 0.717) is 25.8 Å². The van der Waals surface area contributed by atoms with Gasteiger partial charge < -0.3 is 14.2 Å². The van der Waals surface area contributed by atoms with Gasteiger partial charge in [0.05, 0.1) is 19.3 Å². The van der Waals surface area contributed by atoms with Crippen molar-refractivity contribution in [3.8, 4) is 0 Å². The Hall–Kier alpha value is -0.810. The van der Waals surface area contributed by atoms with Crippen LogP contribution in [0.3, 0.4) is 0 Å². The molecule has 2 aliphatic rings. The van der Waals surface area contributed by atoms with E-state index < -0.39 is 0 Å². The highest BCUT2D eigenvalue weighted by Gasteiger charge is 2.32. The molecule has 1 atom stereocenters. The summed E-state index contributed by atoms with van der Waals surface area (Å²) in [6, 6.07) is 2.68. The first-order valence-corrected chi connectivity index (χ1v) is 7.76. The summed E-state index contributed by atoms with van der Waals surface area (Å²) in [6.07, 6.45) is 5.34. The zero-order valence-electron chi connectivity index (χ0n) is 11.1. The monoisotopic (exact) mass is 326 g/mol. The number of halogens is 1. The number of amides is 1. The van der Waals surface area contributed by atoms with Crippen LogP contribution in [-0.2, 0) is 4.74 Å². The standard InChI is InChI=1S/C14H19BrN2O2/c1-2-11-9-19-6-5-16(11)14(18)13-7-10(15)8-17(13)12-3-4-12/h7-8,11-12H,2-6,9H2,1H3. The quantitative estimate of drug-likeness (QED) is 0.856. The number of carbonyl (C=O) groups is 1. The summed E-state index contributed by atoms with van der Waals surface area (Å²) < 4.78 is 8.60. The van der Waals surface area contributed by atoms with Crippen LogP contribution in [0.2, 0.25) is 0 Å². The van der Waals surface area contributed by atoms with Crippen molar-refractivity contribution in [2.75, 3.05) is 19.8 Å². The molecule has 1 saturated carbocycles. The summed E-state index contributed by atoms with van der Waals surface area (Å²) in [4.78, 5) is 14.7. The third-order valence-corrected chi connectivity index (χ3v) is 4.37. The molecule has 0 spiro atoms. The first kappa shape index (κ1) is 13.2. The number of carbonyl (C=O) groups excluding carboxylic acids is 1. The van der Waals surface area contributed by atoms with Crippen molar-refractivity contribution in [1.82, 2.24) is 9.47 Å². The van der Waals surface area contributed by atoms with E-state index in [0.717, 1.165) is 16.6 Å². The van der Waals surface area contributed by atoms with Gasteiger partial charge in [0.2, 0.25) is 0 Å². The summed E-state index contributed by atoms with van der Waals surface area (Å²) in [5, 5.41) is 0. The first-order valence-electron chi connectivity index (χ1n) is 6.96. The van der Waals surface area contributed by atoms with Gasteiger partial charge >= 0.3 is 0 Å². The van der Waals surface area contributed by atoms with E-state index in [1.54, 1.807) is 0 Å². The molecule has 1 saturated heterocycles. The normalized spacial score (nSPS) is 23.7. The largest absolute Gasteiger partial charge is 0.377 e. The summed E-state index contributed by atoms with van der Waals surface area (Å²) in [6.45, 7) is 4.11. The van der Waals surface area contributed by atoms with Crippen molar-refractivity contribution in [2.24, 2.45) is 0 Å². The zero-order valence-corrected chi connectivity index (χ0v) is 12.7. The van der Waals surface area contributed by atoms with Gasteiger partial charge in [-0.05, 0) is 41.3 Å². The molecule has 0 bridgehead atoms. The lowest BCUT2D eigenvalue weighted by Gasteiger charge is -2.35. The average molecular weight is 327 g/mol. The van der Waals surface area contributed by atoms with Crippen LogP contribution in [0.25, 0.3) is 0 Å². The van der Waals surface area contributed by atoms with Crippen molar-refractivity contribution < 1.29 is 9.53 Å². The fourth-order valence-electron chi connectivity index (χ4n) is 2.68. The molecule has 0 radical (unpaired) electrons. The molecule has 1 unspecified atom stereocenters. The topological polar surface area (TPSA) is 34.5 Å². The van der Waals surface area contributed by atoms with Gasteiger partial charge in [-0.2, -0.15) is 0 Å². The lowest BCUT2D eigenvalue weighted by atomic mass is 10.1. The maximum atomic E-state index is 12.8. The molecular weight excluding hydrogens is 308 g/mol. The Balaban J connectivity index is 1.86. The minimum Gasteiger partial charge on any atom is -0.377 e. The number of ether oxygens (including phenoxy) is 1. The summed E-state index contributed by atoms with van der Waals surface area (Å²) in [7, 11) is 0. The Kier molecular flexibility index (Phi) is 3.67. The van der Waals surface area contributed by atoms with Crippen molar-refractivity contribution in [3.63, 3.8) is 0 Å². The lowest BCUT2D eigenvalue weighted by Crippen LogP contribution is -2.48. The molecule has 5 heteroatoms. The molecule has 1 aromatic heterocycles. The van der Waals surface area contributed by atoms with Gasteiger partial charge in [-0.25, -0.2) is 0 Å². The predicted octanol–water partition coefficient (Wildman–Crippen LogP) is 2.84. The van der Waals surface area contributed by atoms with Crippen LogP contribution in [0.15, 0.2) is 16.7 Å². The van der Waals surface area contributed by atoms with Crippen LogP contribution in [0.1, 0.15) is 42.7 Å². The number of hydrogen-bond acceptors (Lipinski definition) is 2. The summed E-state index contributed by atoms with van der Waals surface area (Å²) in [5.74, 6) is 0.146. The summed E-state index contributed by atoms with van der Waals surface area (Å²) >= 11 is 3.49. The Bertz CT molecular complexity index is 482. The lowest BCUT2D eigenvalue weighted by molar-refractivity contribution is -0.00335. The number of aromatic nitrogens is 1. The predicted molar refractivity (Wildman–Crippen MR) is 76.3 cm³/mol. The highest BCUT2D eigenvalue weighted by molar-refractivity contribution is 9.10. The molecule has 19 heavy (non-hydrogen) atoms. The third-order valence-electron chi connectivity index (χ3n) is 3.93. The van der Waals surface area contributed by atoms with E-state index in [2.05, 4.69) is 27.4 Å². The van der Waals surface area contributed by atoms with Crippen molar-refractivity contribution in [1.29, 1.82) is 0 Å². The van der Waals surface area contributed by atoms with Crippen LogP contribution in [0, 0.1) is 0 Å². The first-order chi connectivity index (χ1) is 9.20. The third kappa shape index (κ3) is 2.58. The van der Waals surface area contributed by atoms with Crippen molar-refractivity contribution in [3.05, 3.63) is 22.4 Å². The molecule has 2 heterocycles. The van der Waals surface area contributed by atoms with Crippen LogP contribution in [0.4, 0.5) is 0 Å². The molecule has 104 valence electrons. The maximum absolute atomic E-state index is 12.8. The van der Waals surface area contributed by atoms with Crippen LogP contribution >= 0.6 is 15.9 Å². The Morgan fingerprint density at radius 3 is 3.00 bits per heavy atom. The van der Waals surface area contributed by atoms with Gasteiger partial charge in [-0.3, -0.25) is 4.79 Å². The van der Waals surface area contributed by atoms with Crippen LogP contribution in [-0.4, -0.2) is 41.2 Å². The molecule has 0 aromatic carbocycles. The minimum absolute atomic E-state index is 0.146. The van der Waals surface area contributed by atoms with E-state index in [1.165, 1.54) is 12.8 Å². The SMILES string of the molecule is CCC1COCCN1C(=O)c1cc(Br)cn1C1CC1. The molecule has 2 fully saturated rings. The number of rotatable bonds is 3. The van der Waals surface area contributed by atoms with Gasteiger partial charge in [0.15, 0.2) is 0 Å². The molecule has 1 aromatic rings. The molecule has 1 aliphatic heterocycles. The molecule has 0 N–H and O–H groups in total. The van der Waals surface area contributed by atoms with Gasteiger partial charge in [0, 0.05) is 23.3 Å². The van der Waals surface area contributed by atoms with E-state index >= 15 is 0 Å². The molecule has 1 amide bonds. The van der Waals surface area contributed by atoms with Crippen LogP contribution < -0.4 is 0 Å². The highest BCUT2D eigenvalue weighted by Crippen LogP contribution is 2.38. The molecule has 3 rings (SSSR count). The van der Waals surface area contributed by atoms with Crippen molar-refractivity contribution in [2.45, 2.75) is 38.3 Å². The molecule has 4 nitrogen and oxygen atoms in total. The fourth-order valence-corrected chi connectivity index (χ4v) is 3.12. The second-order valence-corrected chi connectivity index (χ2v) is 6.23. The average Bonchev–Trinajstić information content (AvgIpc) is 3.21. The maximum Gasteiger partial charge on any atom is 0.270 e. The number of morpholine rings is 1. The van der Waals surface area contributed by atoms with Crippen molar-refractivity contribution >= 4 is 21.8 Å². The Morgan fingerprint density at radius 1 is 1.53 bits per heavy atom. The summed E-state index contributed by atoms with van der Waals surface area (Å²) in [5.41, 5.74) is 0.815. The number of nitrogens with zero attached hydrogens (tertiary/aromatic N) is 2. The Labute approximate surface area is 121 Å². The molecule has 1 aliphatic carbocycles. The smallest absolute Gasteiger partial charge is 0.270 e. The Morgan fingerprint density at radius 2 is 2.32 bits per heavy atom. The van der Waals surface area contributed by atoms with E-state index in [1.807, 2.05) is 17.2 Å². The second kappa shape index (κ2) is 5.29. The van der Waals surface area contributed by atoms with E-state index in [-0.39, 0.29) is 11.9 Å². The minimum atomic E-state index is 0.146. The van der Waals surface area contributed by atoms with Crippen LogP contribution in [0.5, 0.6) is 0 Å². The van der Waals surface area contributed by atoms with Gasteiger partial charge in [0.1, 0.15) is 5.69 Å². The number of hydrogen-bond donors (Lipinski definition) is 0. The van der Waals surface area contributed by atoms with Gasteiger partial charge in [-0.15, -0.1) is 0 Å². The van der Waals surface area contributed by atoms with Gasteiger partial charge in [0.25, 0.3) is 5.91 Å². The van der Waals surface area contributed by atoms with Gasteiger partial charge in [-0.1, -0.05) is 6.92 Å². The van der Waals surface area contributed by atoms with E-state index in [9.17, 15) is 4.79 Å². The second-order valence-electron chi connectivity index (χ2n) is 5.32. The highest BCUT2D eigenvalue weighted by atomic mass is 79.9.